The number of halogens is 1. The molecule has 1 aliphatic rings. The fourth-order valence-electron chi connectivity index (χ4n) is 1.87. The fourth-order valence-corrected chi connectivity index (χ4v) is 3.05. The molecular formula is C14H27IN4OS. The monoisotopic (exact) mass is 426 g/mol. The van der Waals surface area contributed by atoms with Crippen molar-refractivity contribution in [3.05, 3.63) is 12.7 Å². The third-order valence-corrected chi connectivity index (χ3v) is 4.53. The molecule has 0 saturated carbocycles. The quantitative estimate of drug-likeness (QED) is 0.315. The van der Waals surface area contributed by atoms with Gasteiger partial charge in [-0.05, 0) is 6.42 Å². The van der Waals surface area contributed by atoms with Gasteiger partial charge in [-0.2, -0.15) is 11.8 Å². The smallest absolute Gasteiger partial charge is 0.243 e. The summed E-state index contributed by atoms with van der Waals surface area (Å²) >= 11 is 2.02. The summed E-state index contributed by atoms with van der Waals surface area (Å²) in [6, 6.07) is 0. The number of amides is 1. The number of thioether (sulfide) groups is 1. The van der Waals surface area contributed by atoms with Crippen molar-refractivity contribution >= 4 is 47.6 Å². The van der Waals surface area contributed by atoms with E-state index in [0.717, 1.165) is 31.2 Å². The third kappa shape index (κ3) is 7.39. The lowest BCUT2D eigenvalue weighted by Gasteiger charge is -2.34. The maximum atomic E-state index is 11.7. The van der Waals surface area contributed by atoms with Crippen LogP contribution in [0.15, 0.2) is 17.6 Å². The number of hydrogen-bond acceptors (Lipinski definition) is 3. The van der Waals surface area contributed by atoms with Crippen molar-refractivity contribution in [2.75, 3.05) is 46.0 Å². The first-order valence-electron chi connectivity index (χ1n) is 7.04. The average Bonchev–Trinajstić information content (AvgIpc) is 2.47. The molecule has 1 saturated heterocycles. The molecule has 1 fully saturated rings. The van der Waals surface area contributed by atoms with E-state index in [2.05, 4.69) is 28.7 Å². The number of hydrogen-bond donors (Lipinski definition) is 1. The van der Waals surface area contributed by atoms with Crippen LogP contribution in [0.25, 0.3) is 0 Å². The van der Waals surface area contributed by atoms with Crippen molar-refractivity contribution in [2.45, 2.75) is 18.6 Å². The molecule has 21 heavy (non-hydrogen) atoms. The number of carbonyl (C=O) groups is 1. The second kappa shape index (κ2) is 11.2. The van der Waals surface area contributed by atoms with Gasteiger partial charge in [0.1, 0.15) is 6.54 Å². The Labute approximate surface area is 149 Å². The van der Waals surface area contributed by atoms with E-state index in [-0.39, 0.29) is 36.4 Å². The van der Waals surface area contributed by atoms with Crippen LogP contribution in [0.5, 0.6) is 0 Å². The maximum Gasteiger partial charge on any atom is 0.243 e. The molecule has 5 nitrogen and oxygen atoms in total. The molecule has 1 N–H and O–H groups in total. The normalized spacial score (nSPS) is 18.7. The van der Waals surface area contributed by atoms with E-state index in [1.165, 1.54) is 0 Å². The van der Waals surface area contributed by atoms with Crippen LogP contribution >= 0.6 is 35.7 Å². The Morgan fingerprint density at radius 3 is 2.86 bits per heavy atom. The van der Waals surface area contributed by atoms with Gasteiger partial charge in [0, 0.05) is 44.7 Å². The molecule has 1 rings (SSSR count). The first-order chi connectivity index (χ1) is 9.58. The van der Waals surface area contributed by atoms with Crippen molar-refractivity contribution in [1.82, 2.24) is 15.1 Å². The number of guanidine groups is 1. The first-order valence-corrected chi connectivity index (χ1v) is 8.09. The van der Waals surface area contributed by atoms with Gasteiger partial charge in [0.2, 0.25) is 5.91 Å². The van der Waals surface area contributed by atoms with Crippen LogP contribution < -0.4 is 5.32 Å². The highest BCUT2D eigenvalue weighted by molar-refractivity contribution is 14.0. The van der Waals surface area contributed by atoms with Crippen LogP contribution in [0.4, 0.5) is 0 Å². The molecule has 0 spiro atoms. The zero-order valence-electron chi connectivity index (χ0n) is 13.2. The van der Waals surface area contributed by atoms with Gasteiger partial charge in [0.25, 0.3) is 0 Å². The Morgan fingerprint density at radius 1 is 1.57 bits per heavy atom. The minimum absolute atomic E-state index is 0. The molecule has 1 aliphatic heterocycles. The standard InChI is InChI=1S/C14H26N4OS.HI/c1-5-7-15-14(16-10-13(19)17(3)4)18-8-9-20-12(6-2)11-18;/h5,12H,1,6-11H2,2-4H3,(H,15,16);1H. The summed E-state index contributed by atoms with van der Waals surface area (Å²) in [5, 5.41) is 3.90. The van der Waals surface area contributed by atoms with Gasteiger partial charge in [-0.1, -0.05) is 13.0 Å². The highest BCUT2D eigenvalue weighted by Crippen LogP contribution is 2.20. The largest absolute Gasteiger partial charge is 0.353 e. The minimum atomic E-state index is 0. The molecule has 122 valence electrons. The van der Waals surface area contributed by atoms with E-state index in [9.17, 15) is 4.79 Å². The molecule has 1 atom stereocenters. The summed E-state index contributed by atoms with van der Waals surface area (Å²) in [4.78, 5) is 19.9. The Bertz CT molecular complexity index is 363. The highest BCUT2D eigenvalue weighted by atomic mass is 127. The summed E-state index contributed by atoms with van der Waals surface area (Å²) in [5.41, 5.74) is 0. The fraction of sp³-hybridized carbons (Fsp3) is 0.714. The third-order valence-electron chi connectivity index (χ3n) is 3.16. The zero-order valence-corrected chi connectivity index (χ0v) is 16.3. The van der Waals surface area contributed by atoms with Crippen LogP contribution in [0.2, 0.25) is 0 Å². The van der Waals surface area contributed by atoms with Crippen molar-refractivity contribution in [2.24, 2.45) is 4.99 Å². The minimum Gasteiger partial charge on any atom is -0.353 e. The number of rotatable bonds is 5. The van der Waals surface area contributed by atoms with Crippen molar-refractivity contribution in [3.63, 3.8) is 0 Å². The molecule has 7 heteroatoms. The van der Waals surface area contributed by atoms with Crippen LogP contribution in [0, 0.1) is 0 Å². The first kappa shape index (κ1) is 20.6. The van der Waals surface area contributed by atoms with Crippen molar-refractivity contribution in [3.8, 4) is 0 Å². The van der Waals surface area contributed by atoms with Crippen LogP contribution in [-0.2, 0) is 4.79 Å². The molecule has 0 aromatic heterocycles. The van der Waals surface area contributed by atoms with Gasteiger partial charge < -0.3 is 15.1 Å². The van der Waals surface area contributed by atoms with Gasteiger partial charge in [-0.25, -0.2) is 4.99 Å². The lowest BCUT2D eigenvalue weighted by atomic mass is 10.3. The Hall–Kier alpha value is -0.440. The lowest BCUT2D eigenvalue weighted by molar-refractivity contribution is -0.127. The van der Waals surface area contributed by atoms with E-state index >= 15 is 0 Å². The second-order valence-corrected chi connectivity index (χ2v) is 6.35. The Kier molecular flexibility index (Phi) is 10.9. The number of nitrogens with one attached hydrogen (secondary N) is 1. The van der Waals surface area contributed by atoms with Crippen LogP contribution in [-0.4, -0.2) is 72.9 Å². The van der Waals surface area contributed by atoms with Gasteiger partial charge in [-0.3, -0.25) is 4.79 Å². The predicted molar refractivity (Wildman–Crippen MR) is 103 cm³/mol. The Morgan fingerprint density at radius 2 is 2.29 bits per heavy atom. The Balaban J connectivity index is 0.00000400. The van der Waals surface area contributed by atoms with Gasteiger partial charge in [0.05, 0.1) is 0 Å². The van der Waals surface area contributed by atoms with Crippen molar-refractivity contribution in [1.29, 1.82) is 0 Å². The number of aliphatic imine (C=N–C) groups is 1. The van der Waals surface area contributed by atoms with E-state index in [0.29, 0.717) is 11.8 Å². The summed E-state index contributed by atoms with van der Waals surface area (Å²) in [7, 11) is 3.50. The van der Waals surface area contributed by atoms with E-state index in [1.54, 1.807) is 25.1 Å². The van der Waals surface area contributed by atoms with E-state index < -0.39 is 0 Å². The summed E-state index contributed by atoms with van der Waals surface area (Å²) < 4.78 is 0. The molecule has 0 bridgehead atoms. The number of nitrogens with zero attached hydrogens (tertiary/aromatic N) is 3. The summed E-state index contributed by atoms with van der Waals surface area (Å²) in [6.07, 6.45) is 2.96. The lowest BCUT2D eigenvalue weighted by Crippen LogP contribution is -2.48. The summed E-state index contributed by atoms with van der Waals surface area (Å²) in [6.45, 7) is 8.74. The molecule has 1 heterocycles. The van der Waals surface area contributed by atoms with Gasteiger partial charge >= 0.3 is 0 Å². The van der Waals surface area contributed by atoms with E-state index in [1.807, 2.05) is 11.8 Å². The predicted octanol–water partition coefficient (Wildman–Crippen LogP) is 1.65. The van der Waals surface area contributed by atoms with Gasteiger partial charge in [-0.15, -0.1) is 30.6 Å². The molecule has 0 aliphatic carbocycles. The molecule has 1 amide bonds. The molecular weight excluding hydrogens is 399 g/mol. The molecule has 0 aromatic carbocycles. The van der Waals surface area contributed by atoms with Crippen molar-refractivity contribution < 1.29 is 4.79 Å². The van der Waals surface area contributed by atoms with Crippen LogP contribution in [0.3, 0.4) is 0 Å². The topological polar surface area (TPSA) is 47.9 Å². The van der Waals surface area contributed by atoms with E-state index in [4.69, 9.17) is 0 Å². The SMILES string of the molecule is C=CCNC(=NCC(=O)N(C)C)N1CCSC(CC)C1.I. The van der Waals surface area contributed by atoms with Gasteiger partial charge in [0.15, 0.2) is 5.96 Å². The maximum absolute atomic E-state index is 11.7. The number of likely N-dealkylation sites (N-methyl/N-ethyl adjacent to an activating group) is 1. The second-order valence-electron chi connectivity index (χ2n) is 4.94. The summed E-state index contributed by atoms with van der Waals surface area (Å²) in [5.74, 6) is 1.94. The highest BCUT2D eigenvalue weighted by Gasteiger charge is 2.21. The average molecular weight is 426 g/mol. The number of carbonyl (C=O) groups excluding carboxylic acids is 1. The molecule has 1 unspecified atom stereocenters. The molecule has 0 radical (unpaired) electrons. The molecule has 0 aromatic rings. The van der Waals surface area contributed by atoms with Crippen LogP contribution in [0.1, 0.15) is 13.3 Å². The zero-order chi connectivity index (χ0) is 15.0.